The van der Waals surface area contributed by atoms with E-state index in [4.69, 9.17) is 11.6 Å². The van der Waals surface area contributed by atoms with Crippen LogP contribution in [0.3, 0.4) is 0 Å². The molecule has 2 aliphatic rings. The predicted molar refractivity (Wildman–Crippen MR) is 134 cm³/mol. The number of amides is 3. The minimum absolute atomic E-state index is 0.00760. The Morgan fingerprint density at radius 1 is 1.17 bits per heavy atom. The first kappa shape index (κ1) is 26.0. The second-order valence-corrected chi connectivity index (χ2v) is 12.8. The van der Waals surface area contributed by atoms with Gasteiger partial charge in [0, 0.05) is 17.1 Å². The number of rotatable bonds is 5. The summed E-state index contributed by atoms with van der Waals surface area (Å²) in [5.41, 5.74) is -0.0707. The van der Waals surface area contributed by atoms with Crippen LogP contribution in [0.4, 0.5) is 23.7 Å². The highest BCUT2D eigenvalue weighted by Gasteiger charge is 2.57. The summed E-state index contributed by atoms with van der Waals surface area (Å²) in [5.74, 6) is -1.41. The molecule has 36 heavy (non-hydrogen) atoms. The Hall–Kier alpha value is -3.03. The third kappa shape index (κ3) is 4.70. The van der Waals surface area contributed by atoms with Crippen LogP contribution in [-0.4, -0.2) is 54.3 Å². The van der Waals surface area contributed by atoms with Gasteiger partial charge in [-0.1, -0.05) is 48.0 Å². The standard InChI is InChI=1S/C25H24ClF3N3O3P/c1-36(2,35)25(29)17(15-6-4-3-5-7-15)9-11-21(22(25)28)32-13-12-20(23(32)33)31-24(34)30-19-10-8-16(26)14-18(19)27/h3-11,14,20,22H,12-13H2,1-2H3,(H2,30,31,34)/t20-,22?,25?/m1/s1. The van der Waals surface area contributed by atoms with Crippen LogP contribution in [-0.2, 0) is 9.36 Å². The van der Waals surface area contributed by atoms with Crippen LogP contribution < -0.4 is 10.6 Å². The van der Waals surface area contributed by atoms with Crippen LogP contribution in [0, 0.1) is 5.82 Å². The van der Waals surface area contributed by atoms with Crippen LogP contribution >= 0.6 is 18.7 Å². The number of anilines is 1. The van der Waals surface area contributed by atoms with E-state index >= 15 is 8.78 Å². The summed E-state index contributed by atoms with van der Waals surface area (Å²) in [6.07, 6.45) is 0.399. The van der Waals surface area contributed by atoms with Crippen molar-refractivity contribution in [3.63, 3.8) is 0 Å². The SMILES string of the molecule is CP(C)(=O)C1(F)C(c2ccccc2)=CC=C(N2CC[C@@H](NC(=O)Nc3ccc(Cl)cc3F)C2=O)C1F. The summed E-state index contributed by atoms with van der Waals surface area (Å²) in [7, 11) is -3.73. The number of carbonyl (C=O) groups excluding carboxylic acids is 2. The molecule has 6 nitrogen and oxygen atoms in total. The summed E-state index contributed by atoms with van der Waals surface area (Å²) < 4.78 is 59.4. The van der Waals surface area contributed by atoms with Crippen LogP contribution in [0.2, 0.25) is 5.02 Å². The molecular formula is C25H24ClF3N3O3P. The van der Waals surface area contributed by atoms with Crippen molar-refractivity contribution in [3.8, 4) is 0 Å². The van der Waals surface area contributed by atoms with Crippen LogP contribution in [0.25, 0.3) is 5.57 Å². The highest BCUT2D eigenvalue weighted by molar-refractivity contribution is 7.64. The van der Waals surface area contributed by atoms with Crippen molar-refractivity contribution in [3.05, 3.63) is 82.8 Å². The molecule has 0 spiro atoms. The largest absolute Gasteiger partial charge is 0.326 e. The molecule has 0 aromatic heterocycles. The number of likely N-dealkylation sites (tertiary alicyclic amines) is 1. The average Bonchev–Trinajstić information content (AvgIpc) is 3.17. The fourth-order valence-electron chi connectivity index (χ4n) is 4.39. The van der Waals surface area contributed by atoms with Crippen molar-refractivity contribution in [2.24, 2.45) is 0 Å². The van der Waals surface area contributed by atoms with Crippen molar-refractivity contribution in [2.45, 2.75) is 24.0 Å². The molecule has 1 aliphatic heterocycles. The van der Waals surface area contributed by atoms with Gasteiger partial charge in [-0.05, 0) is 49.6 Å². The molecule has 0 radical (unpaired) electrons. The highest BCUT2D eigenvalue weighted by Crippen LogP contribution is 2.63. The zero-order valence-electron chi connectivity index (χ0n) is 19.5. The summed E-state index contributed by atoms with van der Waals surface area (Å²) >= 11 is 5.70. The number of hydrogen-bond donors (Lipinski definition) is 2. The molecule has 0 saturated carbocycles. The van der Waals surface area contributed by atoms with E-state index in [0.717, 1.165) is 11.0 Å². The molecule has 1 aliphatic carbocycles. The molecule has 190 valence electrons. The number of nitrogens with zero attached hydrogens (tertiary/aromatic N) is 1. The third-order valence-corrected chi connectivity index (χ3v) is 8.53. The molecule has 3 amide bonds. The molecule has 1 saturated heterocycles. The van der Waals surface area contributed by atoms with E-state index in [1.807, 2.05) is 0 Å². The van der Waals surface area contributed by atoms with Crippen molar-refractivity contribution in [1.82, 2.24) is 10.2 Å². The van der Waals surface area contributed by atoms with E-state index in [0.29, 0.717) is 5.56 Å². The van der Waals surface area contributed by atoms with Crippen LogP contribution in [0.15, 0.2) is 66.4 Å². The lowest BCUT2D eigenvalue weighted by molar-refractivity contribution is -0.128. The molecule has 11 heteroatoms. The van der Waals surface area contributed by atoms with Gasteiger partial charge < -0.3 is 20.1 Å². The first-order chi connectivity index (χ1) is 16.9. The average molecular weight is 538 g/mol. The molecule has 1 fully saturated rings. The molecule has 2 aromatic carbocycles. The molecular weight excluding hydrogens is 514 g/mol. The quantitative estimate of drug-likeness (QED) is 0.473. The number of alkyl halides is 2. The molecule has 3 atom stereocenters. The lowest BCUT2D eigenvalue weighted by atomic mass is 9.91. The Morgan fingerprint density at radius 3 is 2.50 bits per heavy atom. The second-order valence-electron chi connectivity index (χ2n) is 8.98. The van der Waals surface area contributed by atoms with Gasteiger partial charge >= 0.3 is 6.03 Å². The molecule has 2 aromatic rings. The van der Waals surface area contributed by atoms with Crippen molar-refractivity contribution >= 4 is 41.9 Å². The summed E-state index contributed by atoms with van der Waals surface area (Å²) in [6, 6.07) is 10.1. The maximum atomic E-state index is 16.5. The number of hydrogen-bond acceptors (Lipinski definition) is 3. The van der Waals surface area contributed by atoms with Crippen LogP contribution in [0.1, 0.15) is 12.0 Å². The van der Waals surface area contributed by atoms with Gasteiger partial charge in [-0.2, -0.15) is 0 Å². The zero-order chi connectivity index (χ0) is 26.3. The van der Waals surface area contributed by atoms with Gasteiger partial charge in [0.2, 0.25) is 11.3 Å². The van der Waals surface area contributed by atoms with Gasteiger partial charge in [-0.25, -0.2) is 18.0 Å². The normalized spacial score (nSPS) is 24.3. The summed E-state index contributed by atoms with van der Waals surface area (Å²) in [6.45, 7) is 2.36. The second kappa shape index (κ2) is 9.79. The number of nitrogens with one attached hydrogen (secondary N) is 2. The van der Waals surface area contributed by atoms with E-state index in [1.54, 1.807) is 30.3 Å². The fourth-order valence-corrected chi connectivity index (χ4v) is 6.01. The van der Waals surface area contributed by atoms with E-state index in [9.17, 15) is 18.5 Å². The minimum atomic E-state index is -3.73. The van der Waals surface area contributed by atoms with E-state index in [2.05, 4.69) is 10.6 Å². The number of carbonyl (C=O) groups is 2. The maximum Gasteiger partial charge on any atom is 0.319 e. The van der Waals surface area contributed by atoms with Gasteiger partial charge in [0.25, 0.3) is 0 Å². The first-order valence-corrected chi connectivity index (χ1v) is 14.1. The third-order valence-electron chi connectivity index (χ3n) is 6.26. The predicted octanol–water partition coefficient (Wildman–Crippen LogP) is 5.81. The Kier molecular flexibility index (Phi) is 7.08. The van der Waals surface area contributed by atoms with Gasteiger partial charge in [-0.15, -0.1) is 0 Å². The molecule has 0 bridgehead atoms. The molecule has 4 rings (SSSR count). The number of halogens is 4. The maximum absolute atomic E-state index is 16.5. The first-order valence-electron chi connectivity index (χ1n) is 11.1. The lowest BCUT2D eigenvalue weighted by Crippen LogP contribution is -2.47. The molecule has 2 unspecified atom stereocenters. The molecule has 2 N–H and O–H groups in total. The van der Waals surface area contributed by atoms with Crippen molar-refractivity contribution in [1.29, 1.82) is 0 Å². The van der Waals surface area contributed by atoms with Crippen molar-refractivity contribution < 1.29 is 27.3 Å². The number of allylic oxidation sites excluding steroid dienone is 4. The smallest absolute Gasteiger partial charge is 0.319 e. The molecule has 1 heterocycles. The van der Waals surface area contributed by atoms with Crippen molar-refractivity contribution in [2.75, 3.05) is 25.2 Å². The fraction of sp³-hybridized carbons (Fsp3) is 0.280. The van der Waals surface area contributed by atoms with Gasteiger partial charge in [-0.3, -0.25) is 4.79 Å². The topological polar surface area (TPSA) is 78.5 Å². The van der Waals surface area contributed by atoms with Gasteiger partial charge in [0.15, 0.2) is 6.17 Å². The Morgan fingerprint density at radius 2 is 1.86 bits per heavy atom. The minimum Gasteiger partial charge on any atom is -0.326 e. The Bertz CT molecular complexity index is 1310. The Labute approximate surface area is 211 Å². The monoisotopic (exact) mass is 537 g/mol. The summed E-state index contributed by atoms with van der Waals surface area (Å²) in [4.78, 5) is 26.4. The van der Waals surface area contributed by atoms with Gasteiger partial charge in [0.1, 0.15) is 19.0 Å². The van der Waals surface area contributed by atoms with Gasteiger partial charge in [0.05, 0.1) is 11.4 Å². The van der Waals surface area contributed by atoms with E-state index in [-0.39, 0.29) is 34.9 Å². The highest BCUT2D eigenvalue weighted by atomic mass is 35.5. The lowest BCUT2D eigenvalue weighted by Gasteiger charge is -2.40. The number of urea groups is 1. The van der Waals surface area contributed by atoms with E-state index in [1.165, 1.54) is 37.6 Å². The summed E-state index contributed by atoms with van der Waals surface area (Å²) in [5, 5.41) is 2.03. The zero-order valence-corrected chi connectivity index (χ0v) is 21.1. The Balaban J connectivity index is 1.56. The van der Waals surface area contributed by atoms with Crippen LogP contribution in [0.5, 0.6) is 0 Å². The number of benzene rings is 2. The van der Waals surface area contributed by atoms with E-state index < -0.39 is 42.5 Å².